The van der Waals surface area contributed by atoms with Gasteiger partial charge in [0.2, 0.25) is 0 Å². The van der Waals surface area contributed by atoms with Crippen molar-refractivity contribution in [2.75, 3.05) is 0 Å². The predicted molar refractivity (Wildman–Crippen MR) is 122 cm³/mol. The fourth-order valence-corrected chi connectivity index (χ4v) is 3.22. The molecule has 28 heavy (non-hydrogen) atoms. The van der Waals surface area contributed by atoms with Gasteiger partial charge in [-0.05, 0) is 47.4 Å². The van der Waals surface area contributed by atoms with E-state index in [1.54, 1.807) is 6.07 Å². The highest BCUT2D eigenvalue weighted by molar-refractivity contribution is 7.80. The second-order valence-corrected chi connectivity index (χ2v) is 7.64. The van der Waals surface area contributed by atoms with Gasteiger partial charge in [0.15, 0.2) is 0 Å². The van der Waals surface area contributed by atoms with E-state index in [1.165, 1.54) is 11.1 Å². The highest BCUT2D eigenvalue weighted by Gasteiger charge is 2.05. The standard InChI is InChI=1S/C23H21Cl2NOS/c1-2-16-6-8-17(9-7-16)14-26-23(28)19-4-3-5-20(13-19)27-15-18-10-11-21(24)22(25)12-18/h3-13H,2,14-15H2,1H3,(H,26,28). The Morgan fingerprint density at radius 1 is 0.893 bits per heavy atom. The zero-order valence-corrected chi connectivity index (χ0v) is 17.9. The van der Waals surface area contributed by atoms with Crippen molar-refractivity contribution in [3.63, 3.8) is 0 Å². The summed E-state index contributed by atoms with van der Waals surface area (Å²) in [4.78, 5) is 0.694. The molecule has 0 heterocycles. The maximum atomic E-state index is 6.05. The van der Waals surface area contributed by atoms with Crippen LogP contribution in [0.4, 0.5) is 0 Å². The van der Waals surface area contributed by atoms with E-state index in [0.29, 0.717) is 28.2 Å². The van der Waals surface area contributed by atoms with E-state index in [1.807, 2.05) is 36.4 Å². The lowest BCUT2D eigenvalue weighted by Crippen LogP contribution is -2.21. The van der Waals surface area contributed by atoms with Crippen molar-refractivity contribution in [1.82, 2.24) is 5.32 Å². The number of ether oxygens (including phenoxy) is 1. The summed E-state index contributed by atoms with van der Waals surface area (Å²) >= 11 is 17.5. The van der Waals surface area contributed by atoms with Gasteiger partial charge in [-0.2, -0.15) is 0 Å². The first kappa shape index (κ1) is 20.7. The minimum absolute atomic E-state index is 0.407. The first-order valence-corrected chi connectivity index (χ1v) is 10.2. The van der Waals surface area contributed by atoms with Crippen molar-refractivity contribution in [2.45, 2.75) is 26.5 Å². The van der Waals surface area contributed by atoms with Crippen LogP contribution in [0.5, 0.6) is 5.75 Å². The van der Waals surface area contributed by atoms with Crippen molar-refractivity contribution in [1.29, 1.82) is 0 Å². The van der Waals surface area contributed by atoms with E-state index in [2.05, 4.69) is 36.5 Å². The third-order valence-electron chi connectivity index (χ3n) is 4.37. The minimum Gasteiger partial charge on any atom is -0.489 e. The van der Waals surface area contributed by atoms with Crippen LogP contribution in [0, 0.1) is 0 Å². The molecule has 0 spiro atoms. The lowest BCUT2D eigenvalue weighted by molar-refractivity contribution is 0.306. The zero-order chi connectivity index (χ0) is 19.9. The second-order valence-electron chi connectivity index (χ2n) is 6.42. The van der Waals surface area contributed by atoms with Gasteiger partial charge in [-0.25, -0.2) is 0 Å². The average molecular weight is 430 g/mol. The van der Waals surface area contributed by atoms with Crippen LogP contribution in [0.1, 0.15) is 29.2 Å². The zero-order valence-electron chi connectivity index (χ0n) is 15.5. The molecule has 1 N–H and O–H groups in total. The molecule has 3 aromatic carbocycles. The van der Waals surface area contributed by atoms with Gasteiger partial charge in [-0.1, -0.05) is 84.8 Å². The summed E-state index contributed by atoms with van der Waals surface area (Å²) in [5.41, 5.74) is 4.41. The van der Waals surface area contributed by atoms with E-state index in [4.69, 9.17) is 40.2 Å². The summed E-state index contributed by atoms with van der Waals surface area (Å²) in [6.07, 6.45) is 1.04. The average Bonchev–Trinajstić information content (AvgIpc) is 2.73. The van der Waals surface area contributed by atoms with E-state index in [0.717, 1.165) is 23.3 Å². The molecule has 3 rings (SSSR count). The highest BCUT2D eigenvalue weighted by atomic mass is 35.5. The van der Waals surface area contributed by atoms with Crippen LogP contribution in [0.15, 0.2) is 66.7 Å². The molecule has 0 aliphatic carbocycles. The quantitative estimate of drug-likeness (QED) is 0.427. The Morgan fingerprint density at radius 2 is 1.61 bits per heavy atom. The normalized spacial score (nSPS) is 10.5. The maximum Gasteiger partial charge on any atom is 0.120 e. The maximum absolute atomic E-state index is 6.05. The van der Waals surface area contributed by atoms with Gasteiger partial charge in [0, 0.05) is 12.1 Å². The molecule has 144 valence electrons. The van der Waals surface area contributed by atoms with E-state index >= 15 is 0 Å². The summed E-state index contributed by atoms with van der Waals surface area (Å²) < 4.78 is 5.88. The van der Waals surface area contributed by atoms with E-state index in [-0.39, 0.29) is 0 Å². The lowest BCUT2D eigenvalue weighted by atomic mass is 10.1. The SMILES string of the molecule is CCc1ccc(CNC(=S)c2cccc(OCc3ccc(Cl)c(Cl)c3)c2)cc1. The number of benzene rings is 3. The number of nitrogens with one attached hydrogen (secondary N) is 1. The van der Waals surface area contributed by atoms with Crippen molar-refractivity contribution in [3.05, 3.63) is 99.0 Å². The number of hydrogen-bond acceptors (Lipinski definition) is 2. The third kappa shape index (κ3) is 5.71. The van der Waals surface area contributed by atoms with Gasteiger partial charge in [-0.3, -0.25) is 0 Å². The Bertz CT molecular complexity index is 957. The number of thiocarbonyl (C=S) groups is 1. The van der Waals surface area contributed by atoms with Crippen molar-refractivity contribution in [3.8, 4) is 5.75 Å². The highest BCUT2D eigenvalue weighted by Crippen LogP contribution is 2.23. The van der Waals surface area contributed by atoms with Crippen LogP contribution in [0.3, 0.4) is 0 Å². The van der Waals surface area contributed by atoms with Crippen molar-refractivity contribution in [2.24, 2.45) is 0 Å². The third-order valence-corrected chi connectivity index (χ3v) is 5.49. The fourth-order valence-electron chi connectivity index (χ4n) is 2.70. The largest absolute Gasteiger partial charge is 0.489 e. The molecule has 0 aliphatic rings. The van der Waals surface area contributed by atoms with Crippen LogP contribution >= 0.6 is 35.4 Å². The monoisotopic (exact) mass is 429 g/mol. The van der Waals surface area contributed by atoms with Crippen molar-refractivity contribution < 1.29 is 4.74 Å². The minimum atomic E-state index is 0.407. The molecule has 0 bridgehead atoms. The van der Waals surface area contributed by atoms with E-state index < -0.39 is 0 Å². The lowest BCUT2D eigenvalue weighted by Gasteiger charge is -2.11. The van der Waals surface area contributed by atoms with Gasteiger partial charge >= 0.3 is 0 Å². The Labute approximate surface area is 181 Å². The van der Waals surface area contributed by atoms with Crippen LogP contribution in [-0.4, -0.2) is 4.99 Å². The number of aryl methyl sites for hydroxylation is 1. The Hall–Kier alpha value is -2.07. The van der Waals surface area contributed by atoms with E-state index in [9.17, 15) is 0 Å². The van der Waals surface area contributed by atoms with Gasteiger partial charge in [0.05, 0.1) is 10.0 Å². The van der Waals surface area contributed by atoms with Gasteiger partial charge in [0.1, 0.15) is 17.3 Å². The number of hydrogen-bond donors (Lipinski definition) is 1. The molecule has 0 aliphatic heterocycles. The van der Waals surface area contributed by atoms with Gasteiger partial charge in [0.25, 0.3) is 0 Å². The summed E-state index contributed by atoms with van der Waals surface area (Å²) in [6.45, 7) is 3.25. The molecule has 2 nitrogen and oxygen atoms in total. The van der Waals surface area contributed by atoms with Crippen LogP contribution in [-0.2, 0) is 19.6 Å². The van der Waals surface area contributed by atoms with Gasteiger partial charge < -0.3 is 10.1 Å². The molecule has 5 heteroatoms. The molecule has 0 atom stereocenters. The number of halogens is 2. The van der Waals surface area contributed by atoms with Crippen LogP contribution in [0.2, 0.25) is 10.0 Å². The Morgan fingerprint density at radius 3 is 2.32 bits per heavy atom. The molecule has 3 aromatic rings. The molecule has 0 radical (unpaired) electrons. The molecule has 0 aromatic heterocycles. The molecular formula is C23H21Cl2NOS. The molecular weight excluding hydrogens is 409 g/mol. The Balaban J connectivity index is 1.58. The van der Waals surface area contributed by atoms with Crippen LogP contribution < -0.4 is 10.1 Å². The Kier molecular flexibility index (Phi) is 7.32. The molecule has 0 saturated carbocycles. The molecule has 0 saturated heterocycles. The summed E-state index contributed by atoms with van der Waals surface area (Å²) in [7, 11) is 0. The number of rotatable bonds is 7. The van der Waals surface area contributed by atoms with Crippen LogP contribution in [0.25, 0.3) is 0 Å². The fraction of sp³-hybridized carbons (Fsp3) is 0.174. The smallest absolute Gasteiger partial charge is 0.120 e. The topological polar surface area (TPSA) is 21.3 Å². The van der Waals surface area contributed by atoms with Gasteiger partial charge in [-0.15, -0.1) is 0 Å². The summed E-state index contributed by atoms with van der Waals surface area (Å²) in [5.74, 6) is 0.750. The first-order valence-electron chi connectivity index (χ1n) is 9.08. The second kappa shape index (κ2) is 9.92. The predicted octanol–water partition coefficient (Wildman–Crippen LogP) is 6.60. The molecule has 0 fully saturated rings. The van der Waals surface area contributed by atoms with Crippen molar-refractivity contribution >= 4 is 40.4 Å². The first-order chi connectivity index (χ1) is 13.5. The molecule has 0 unspecified atom stereocenters. The summed E-state index contributed by atoms with van der Waals surface area (Å²) in [5, 5.41) is 4.37. The summed E-state index contributed by atoms with van der Waals surface area (Å²) in [6, 6.07) is 21.8. The molecule has 0 amide bonds.